The number of nitrogens with zero attached hydrogens (tertiary/aromatic N) is 3. The Morgan fingerprint density at radius 2 is 2.11 bits per heavy atom. The number of hydrogen-bond donors (Lipinski definition) is 0. The molecule has 0 N–H and O–H groups in total. The summed E-state index contributed by atoms with van der Waals surface area (Å²) in [5.74, 6) is 0.595. The molecule has 2 fully saturated rings. The summed E-state index contributed by atoms with van der Waals surface area (Å²) in [7, 11) is 4.12. The zero-order valence-electron chi connectivity index (χ0n) is 11.6. The summed E-state index contributed by atoms with van der Waals surface area (Å²) >= 11 is 0. The van der Waals surface area contributed by atoms with Crippen LogP contribution in [0.2, 0.25) is 0 Å². The van der Waals surface area contributed by atoms with Crippen molar-refractivity contribution in [1.82, 2.24) is 9.80 Å². The Morgan fingerprint density at radius 3 is 2.61 bits per heavy atom. The summed E-state index contributed by atoms with van der Waals surface area (Å²) in [5, 5.41) is 9.32. The van der Waals surface area contributed by atoms with Crippen LogP contribution in [0.5, 0.6) is 0 Å². The molecule has 1 saturated heterocycles. The predicted octanol–water partition coefficient (Wildman–Crippen LogP) is 1.48. The van der Waals surface area contributed by atoms with Gasteiger partial charge in [-0.05, 0) is 45.7 Å². The van der Waals surface area contributed by atoms with E-state index < -0.39 is 5.41 Å². The minimum absolute atomic E-state index is 0.0784. The summed E-state index contributed by atoms with van der Waals surface area (Å²) < 4.78 is 0. The highest BCUT2D eigenvalue weighted by molar-refractivity contribution is 5.86. The lowest BCUT2D eigenvalue weighted by Gasteiger charge is -2.45. The van der Waals surface area contributed by atoms with Crippen molar-refractivity contribution in [3.8, 4) is 6.07 Å². The number of hydrogen-bond acceptors (Lipinski definition) is 3. The summed E-state index contributed by atoms with van der Waals surface area (Å²) in [5.41, 5.74) is -0.701. The van der Waals surface area contributed by atoms with Crippen LogP contribution in [0.4, 0.5) is 0 Å². The van der Waals surface area contributed by atoms with Gasteiger partial charge in [0.2, 0.25) is 5.91 Å². The Bertz CT molecular complexity index is 366. The second-order valence-electron chi connectivity index (χ2n) is 6.22. The van der Waals surface area contributed by atoms with Gasteiger partial charge in [0.05, 0.1) is 6.07 Å². The molecule has 1 unspecified atom stereocenters. The van der Waals surface area contributed by atoms with Crippen LogP contribution in [-0.4, -0.2) is 48.9 Å². The second kappa shape index (κ2) is 4.89. The van der Waals surface area contributed by atoms with Crippen molar-refractivity contribution < 1.29 is 4.79 Å². The lowest BCUT2D eigenvalue weighted by Crippen LogP contribution is -2.55. The van der Waals surface area contributed by atoms with Gasteiger partial charge in [-0.3, -0.25) is 4.79 Å². The third kappa shape index (κ3) is 2.24. The van der Waals surface area contributed by atoms with Crippen LogP contribution >= 0.6 is 0 Å². The Morgan fingerprint density at radius 1 is 1.44 bits per heavy atom. The molecule has 1 amide bonds. The number of piperidine rings is 1. The van der Waals surface area contributed by atoms with Crippen molar-refractivity contribution in [2.24, 2.45) is 11.3 Å². The fourth-order valence-electron chi connectivity index (χ4n) is 3.31. The van der Waals surface area contributed by atoms with Crippen LogP contribution in [0.1, 0.15) is 32.6 Å². The van der Waals surface area contributed by atoms with Crippen LogP contribution in [0.15, 0.2) is 0 Å². The van der Waals surface area contributed by atoms with Gasteiger partial charge >= 0.3 is 0 Å². The van der Waals surface area contributed by atoms with E-state index in [0.29, 0.717) is 12.0 Å². The van der Waals surface area contributed by atoms with E-state index in [0.717, 1.165) is 38.8 Å². The van der Waals surface area contributed by atoms with Crippen LogP contribution in [0.3, 0.4) is 0 Å². The molecular weight excluding hydrogens is 226 g/mol. The fourth-order valence-corrected chi connectivity index (χ4v) is 3.31. The molecule has 2 aliphatic rings. The van der Waals surface area contributed by atoms with Gasteiger partial charge < -0.3 is 9.80 Å². The molecule has 0 spiro atoms. The SMILES string of the molecule is CC1CC(C#N)(C(=O)N2CCCC(N(C)C)C2)C1. The third-order valence-corrected chi connectivity index (χ3v) is 4.43. The smallest absolute Gasteiger partial charge is 0.243 e. The molecule has 4 heteroatoms. The molecule has 1 saturated carbocycles. The van der Waals surface area contributed by atoms with Gasteiger partial charge in [0.1, 0.15) is 5.41 Å². The van der Waals surface area contributed by atoms with E-state index >= 15 is 0 Å². The Hall–Kier alpha value is -1.08. The molecule has 0 aromatic carbocycles. The topological polar surface area (TPSA) is 47.3 Å². The van der Waals surface area contributed by atoms with Gasteiger partial charge in [-0.2, -0.15) is 5.26 Å². The van der Waals surface area contributed by atoms with Crippen LogP contribution in [0.25, 0.3) is 0 Å². The van der Waals surface area contributed by atoms with Gasteiger partial charge in [-0.15, -0.1) is 0 Å². The van der Waals surface area contributed by atoms with Gasteiger partial charge in [-0.25, -0.2) is 0 Å². The molecular formula is C14H23N3O. The quantitative estimate of drug-likeness (QED) is 0.744. The highest BCUT2D eigenvalue weighted by atomic mass is 16.2. The van der Waals surface area contributed by atoms with Gasteiger partial charge in [0, 0.05) is 19.1 Å². The first kappa shape index (κ1) is 13.4. The molecule has 18 heavy (non-hydrogen) atoms. The molecule has 0 aromatic heterocycles. The number of likely N-dealkylation sites (N-methyl/N-ethyl adjacent to an activating group) is 1. The van der Waals surface area contributed by atoms with Crippen LogP contribution in [0, 0.1) is 22.7 Å². The summed E-state index contributed by atoms with van der Waals surface area (Å²) in [6, 6.07) is 2.72. The predicted molar refractivity (Wildman–Crippen MR) is 69.7 cm³/mol. The molecule has 4 nitrogen and oxygen atoms in total. The molecule has 0 aromatic rings. The summed E-state index contributed by atoms with van der Waals surface area (Å²) in [6.45, 7) is 3.71. The highest BCUT2D eigenvalue weighted by Gasteiger charge is 2.51. The maximum atomic E-state index is 12.5. The Balaban J connectivity index is 2.03. The maximum absolute atomic E-state index is 12.5. The minimum atomic E-state index is -0.701. The van der Waals surface area contributed by atoms with Crippen LogP contribution < -0.4 is 0 Å². The second-order valence-corrected chi connectivity index (χ2v) is 6.22. The number of carbonyl (C=O) groups is 1. The Kier molecular flexibility index (Phi) is 3.63. The van der Waals surface area contributed by atoms with E-state index in [4.69, 9.17) is 0 Å². The first-order valence-electron chi connectivity index (χ1n) is 6.85. The van der Waals surface area contributed by atoms with E-state index in [2.05, 4.69) is 32.0 Å². The fraction of sp³-hybridized carbons (Fsp3) is 0.857. The van der Waals surface area contributed by atoms with E-state index in [1.54, 1.807) is 0 Å². The molecule has 1 heterocycles. The number of amides is 1. The first-order chi connectivity index (χ1) is 8.48. The molecule has 0 radical (unpaired) electrons. The largest absolute Gasteiger partial charge is 0.340 e. The zero-order chi connectivity index (χ0) is 13.3. The summed E-state index contributed by atoms with van der Waals surface area (Å²) in [4.78, 5) is 16.6. The first-order valence-corrected chi connectivity index (χ1v) is 6.85. The molecule has 1 aliphatic carbocycles. The zero-order valence-corrected chi connectivity index (χ0v) is 11.6. The molecule has 2 rings (SSSR count). The number of likely N-dealkylation sites (tertiary alicyclic amines) is 1. The molecule has 1 atom stereocenters. The minimum Gasteiger partial charge on any atom is -0.340 e. The van der Waals surface area contributed by atoms with Crippen molar-refractivity contribution in [2.45, 2.75) is 38.6 Å². The van der Waals surface area contributed by atoms with Gasteiger partial charge in [0.25, 0.3) is 0 Å². The third-order valence-electron chi connectivity index (χ3n) is 4.43. The lowest BCUT2D eigenvalue weighted by molar-refractivity contribution is -0.147. The van der Waals surface area contributed by atoms with Crippen molar-refractivity contribution in [1.29, 1.82) is 5.26 Å². The van der Waals surface area contributed by atoms with Gasteiger partial charge in [-0.1, -0.05) is 6.92 Å². The van der Waals surface area contributed by atoms with Crippen molar-refractivity contribution in [3.05, 3.63) is 0 Å². The monoisotopic (exact) mass is 249 g/mol. The lowest BCUT2D eigenvalue weighted by atomic mass is 9.62. The molecule has 0 bridgehead atoms. The van der Waals surface area contributed by atoms with Gasteiger partial charge in [0.15, 0.2) is 0 Å². The van der Waals surface area contributed by atoms with Crippen LogP contribution in [-0.2, 0) is 4.79 Å². The molecule has 100 valence electrons. The average Bonchev–Trinajstić information content (AvgIpc) is 2.34. The number of nitriles is 1. The van der Waals surface area contributed by atoms with Crippen molar-refractivity contribution in [2.75, 3.05) is 27.2 Å². The summed E-state index contributed by atoms with van der Waals surface area (Å²) in [6.07, 6.45) is 3.68. The number of rotatable bonds is 2. The molecule has 1 aliphatic heterocycles. The average molecular weight is 249 g/mol. The number of carbonyl (C=O) groups excluding carboxylic acids is 1. The maximum Gasteiger partial charge on any atom is 0.243 e. The van der Waals surface area contributed by atoms with E-state index in [-0.39, 0.29) is 5.91 Å². The van der Waals surface area contributed by atoms with Crippen molar-refractivity contribution >= 4 is 5.91 Å². The van der Waals surface area contributed by atoms with E-state index in [1.807, 2.05) is 4.90 Å². The highest BCUT2D eigenvalue weighted by Crippen LogP contribution is 2.46. The normalized spacial score (nSPS) is 36.1. The Labute approximate surface area is 110 Å². The van der Waals surface area contributed by atoms with E-state index in [1.165, 1.54) is 0 Å². The van der Waals surface area contributed by atoms with Crippen molar-refractivity contribution in [3.63, 3.8) is 0 Å². The standard InChI is InChI=1S/C14H23N3O/c1-11-7-14(8-11,10-15)13(18)17-6-4-5-12(9-17)16(2)3/h11-12H,4-9H2,1-3H3. The van der Waals surface area contributed by atoms with E-state index in [9.17, 15) is 10.1 Å².